The predicted molar refractivity (Wildman–Crippen MR) is 193 cm³/mol. The molecule has 55 heavy (non-hydrogen) atoms. The van der Waals surface area contributed by atoms with E-state index in [0.717, 1.165) is 22.4 Å². The number of halogens is 7. The summed E-state index contributed by atoms with van der Waals surface area (Å²) in [4.78, 5) is 41.6. The number of pyridine rings is 1. The summed E-state index contributed by atoms with van der Waals surface area (Å²) in [7, 11) is 0. The summed E-state index contributed by atoms with van der Waals surface area (Å²) in [5.41, 5.74) is -1.42. The SMILES string of the molecule is C#Cc1cc(-c2c(C)cc(C)cc2C)c(F)c([C@H](CC(=O)O)NC(=O)[C@H](CC(C)C)n2cc(C3CCN(C[C@@H]4CC4(F)F)CC3)c(C(F)(F)F)cc2=O)c1F. The van der Waals surface area contributed by atoms with Gasteiger partial charge in [0.1, 0.15) is 17.7 Å². The van der Waals surface area contributed by atoms with Crippen LogP contribution in [0.1, 0.15) is 103 Å². The van der Waals surface area contributed by atoms with Crippen LogP contribution in [0.3, 0.4) is 0 Å². The Morgan fingerprint density at radius 3 is 2.15 bits per heavy atom. The average molecular weight is 776 g/mol. The number of alkyl halides is 5. The minimum absolute atomic E-state index is 0.118. The van der Waals surface area contributed by atoms with Crippen LogP contribution in [0.25, 0.3) is 11.1 Å². The van der Waals surface area contributed by atoms with Gasteiger partial charge in [-0.25, -0.2) is 17.6 Å². The van der Waals surface area contributed by atoms with Crippen molar-refractivity contribution in [1.82, 2.24) is 14.8 Å². The van der Waals surface area contributed by atoms with Crippen molar-refractivity contribution in [2.24, 2.45) is 11.8 Å². The lowest BCUT2D eigenvalue weighted by Crippen LogP contribution is -2.41. The first-order valence-corrected chi connectivity index (χ1v) is 18.1. The first-order chi connectivity index (χ1) is 25.6. The first kappa shape index (κ1) is 41.5. The standard InChI is InChI=1S/C41H44F7N3O4/c1-7-25-15-28(35-23(5)13-22(4)14-24(35)6)38(43)36(37(25)42)31(17-34(53)54)49-39(55)32(12-21(2)3)51-20-29(30(16-33(51)52)41(46,47)48)26-8-10-50(11-9-26)19-27-18-40(27,44)45/h1,13-16,20-21,26-27,31-32H,8-12,17-19H2,2-6H3,(H,49,55)(H,53,54)/t27-,31-,32-/m0/s1. The number of aromatic nitrogens is 1. The third-order valence-electron chi connectivity index (χ3n) is 10.6. The number of amides is 1. The fourth-order valence-electron chi connectivity index (χ4n) is 7.90. The molecule has 2 N–H and O–H groups in total. The fourth-order valence-corrected chi connectivity index (χ4v) is 7.90. The number of aliphatic carboxylic acids is 1. The van der Waals surface area contributed by atoms with Crippen LogP contribution in [0.4, 0.5) is 30.7 Å². The van der Waals surface area contributed by atoms with Crippen LogP contribution in [0, 0.1) is 56.6 Å². The van der Waals surface area contributed by atoms with Crippen molar-refractivity contribution < 1.29 is 45.4 Å². The summed E-state index contributed by atoms with van der Waals surface area (Å²) in [5.74, 6) is -7.47. The van der Waals surface area contributed by atoms with Crippen molar-refractivity contribution in [3.05, 3.63) is 91.4 Å². The third kappa shape index (κ3) is 9.09. The molecule has 1 aromatic heterocycles. The molecule has 1 aliphatic carbocycles. The number of carboxylic acid groups (broad SMARTS) is 1. The topological polar surface area (TPSA) is 91.6 Å². The maximum atomic E-state index is 16.6. The Balaban J connectivity index is 1.56. The van der Waals surface area contributed by atoms with E-state index in [2.05, 4.69) is 11.2 Å². The number of terminal acetylenes is 1. The summed E-state index contributed by atoms with van der Waals surface area (Å²) < 4.78 is 104. The number of likely N-dealkylation sites (tertiary alicyclic amines) is 1. The zero-order chi connectivity index (χ0) is 40.7. The van der Waals surface area contributed by atoms with E-state index in [9.17, 15) is 41.4 Å². The molecule has 1 saturated heterocycles. The summed E-state index contributed by atoms with van der Waals surface area (Å²) in [6.45, 7) is 9.28. The zero-order valence-corrected chi connectivity index (χ0v) is 31.2. The number of hydrogen-bond acceptors (Lipinski definition) is 4. The molecule has 7 nitrogen and oxygen atoms in total. The van der Waals surface area contributed by atoms with Gasteiger partial charge in [0.15, 0.2) is 0 Å². The molecule has 296 valence electrons. The summed E-state index contributed by atoms with van der Waals surface area (Å²) in [6, 6.07) is 1.73. The first-order valence-electron chi connectivity index (χ1n) is 18.1. The molecule has 0 spiro atoms. The highest BCUT2D eigenvalue weighted by Gasteiger charge is 2.57. The zero-order valence-electron chi connectivity index (χ0n) is 31.2. The van der Waals surface area contributed by atoms with Gasteiger partial charge in [-0.05, 0) is 93.3 Å². The van der Waals surface area contributed by atoms with Crippen LogP contribution >= 0.6 is 0 Å². The van der Waals surface area contributed by atoms with E-state index in [-0.39, 0.29) is 62.4 Å². The largest absolute Gasteiger partial charge is 0.481 e. The average Bonchev–Trinajstić information content (AvgIpc) is 3.68. The molecule has 0 unspecified atom stereocenters. The highest BCUT2D eigenvalue weighted by atomic mass is 19.4. The number of aryl methyl sites for hydroxylation is 3. The minimum atomic E-state index is -4.94. The number of piperidine rings is 1. The van der Waals surface area contributed by atoms with E-state index >= 15 is 8.78 Å². The Kier molecular flexibility index (Phi) is 12.0. The number of benzene rings is 2. The van der Waals surface area contributed by atoms with E-state index in [4.69, 9.17) is 6.42 Å². The Morgan fingerprint density at radius 2 is 1.64 bits per heavy atom. The number of nitrogens with one attached hydrogen (secondary N) is 1. The number of carbonyl (C=O) groups is 2. The summed E-state index contributed by atoms with van der Waals surface area (Å²) in [5, 5.41) is 12.3. The van der Waals surface area contributed by atoms with Gasteiger partial charge < -0.3 is 19.9 Å². The Bertz CT molecular complexity index is 2050. The van der Waals surface area contributed by atoms with Crippen LogP contribution < -0.4 is 10.9 Å². The maximum absolute atomic E-state index is 16.6. The van der Waals surface area contributed by atoms with Crippen molar-refractivity contribution in [2.75, 3.05) is 19.6 Å². The summed E-state index contributed by atoms with van der Waals surface area (Å²) in [6.07, 6.45) is 0.648. The lowest BCUT2D eigenvalue weighted by Gasteiger charge is -2.34. The van der Waals surface area contributed by atoms with Gasteiger partial charge in [0, 0.05) is 42.3 Å². The molecule has 2 fully saturated rings. The highest BCUT2D eigenvalue weighted by Crippen LogP contribution is 2.49. The molecule has 3 atom stereocenters. The number of carbonyl (C=O) groups excluding carboxylic acids is 1. The van der Waals surface area contributed by atoms with E-state index in [1.54, 1.807) is 44.7 Å². The molecular formula is C41H44F7N3O4. The predicted octanol–water partition coefficient (Wildman–Crippen LogP) is 8.47. The van der Waals surface area contributed by atoms with E-state index in [0.29, 0.717) is 22.8 Å². The fraction of sp³-hybridized carbons (Fsp3) is 0.488. The van der Waals surface area contributed by atoms with Gasteiger partial charge in [-0.1, -0.05) is 37.5 Å². The number of carboxylic acids is 1. The second-order valence-electron chi connectivity index (χ2n) is 15.4. The quantitative estimate of drug-likeness (QED) is 0.142. The molecule has 0 bridgehead atoms. The van der Waals surface area contributed by atoms with Crippen molar-refractivity contribution in [3.63, 3.8) is 0 Å². The molecule has 2 aliphatic rings. The van der Waals surface area contributed by atoms with Gasteiger partial charge in [-0.15, -0.1) is 6.42 Å². The van der Waals surface area contributed by atoms with Gasteiger partial charge >= 0.3 is 12.1 Å². The van der Waals surface area contributed by atoms with Crippen molar-refractivity contribution in [3.8, 4) is 23.5 Å². The molecule has 5 rings (SSSR count). The van der Waals surface area contributed by atoms with Gasteiger partial charge in [0.25, 0.3) is 11.5 Å². The van der Waals surface area contributed by atoms with Gasteiger partial charge in [-0.2, -0.15) is 13.2 Å². The number of hydrogen-bond donors (Lipinski definition) is 2. The van der Waals surface area contributed by atoms with Crippen molar-refractivity contribution >= 4 is 11.9 Å². The molecule has 1 amide bonds. The lowest BCUT2D eigenvalue weighted by atomic mass is 9.87. The van der Waals surface area contributed by atoms with E-state index in [1.165, 1.54) is 0 Å². The van der Waals surface area contributed by atoms with Crippen LogP contribution in [0.5, 0.6) is 0 Å². The van der Waals surface area contributed by atoms with Gasteiger partial charge in [-0.3, -0.25) is 14.4 Å². The lowest BCUT2D eigenvalue weighted by molar-refractivity contribution is -0.139. The Hall–Kier alpha value is -4.64. The summed E-state index contributed by atoms with van der Waals surface area (Å²) >= 11 is 0. The van der Waals surface area contributed by atoms with Crippen LogP contribution in [0.2, 0.25) is 0 Å². The van der Waals surface area contributed by atoms with Crippen LogP contribution in [0.15, 0.2) is 35.3 Å². The number of nitrogens with zero attached hydrogens (tertiary/aromatic N) is 2. The van der Waals surface area contributed by atoms with E-state index < -0.39 is 88.2 Å². The Labute approximate surface area is 314 Å². The molecule has 0 radical (unpaired) electrons. The number of rotatable bonds is 12. The van der Waals surface area contributed by atoms with Crippen LogP contribution in [-0.4, -0.2) is 52.0 Å². The van der Waals surface area contributed by atoms with Crippen molar-refractivity contribution in [1.29, 1.82) is 0 Å². The third-order valence-corrected chi connectivity index (χ3v) is 10.6. The molecule has 1 aliphatic heterocycles. The smallest absolute Gasteiger partial charge is 0.416 e. The van der Waals surface area contributed by atoms with E-state index in [1.807, 2.05) is 6.92 Å². The normalized spacial score (nSPS) is 18.5. The molecule has 2 aromatic carbocycles. The molecule has 3 aromatic rings. The molecule has 2 heterocycles. The molecule has 14 heteroatoms. The van der Waals surface area contributed by atoms with Crippen LogP contribution in [-0.2, 0) is 15.8 Å². The monoisotopic (exact) mass is 775 g/mol. The van der Waals surface area contributed by atoms with Gasteiger partial charge in [0.2, 0.25) is 5.91 Å². The maximum Gasteiger partial charge on any atom is 0.416 e. The minimum Gasteiger partial charge on any atom is -0.481 e. The molecule has 1 saturated carbocycles. The van der Waals surface area contributed by atoms with Crippen molar-refractivity contribution in [2.45, 2.75) is 96.8 Å². The second kappa shape index (κ2) is 15.8. The highest BCUT2D eigenvalue weighted by molar-refractivity contribution is 5.82. The van der Waals surface area contributed by atoms with Gasteiger partial charge in [0.05, 0.1) is 23.6 Å². The Morgan fingerprint density at radius 1 is 1.04 bits per heavy atom. The molecular weight excluding hydrogens is 731 g/mol. The second-order valence-corrected chi connectivity index (χ2v) is 15.4.